The molecule has 0 unspecified atom stereocenters. The number of hydrogen-bond acceptors (Lipinski definition) is 3. The van der Waals surface area contributed by atoms with E-state index in [9.17, 15) is 14.0 Å². The molecule has 0 aliphatic carbocycles. The van der Waals surface area contributed by atoms with Gasteiger partial charge in [-0.2, -0.15) is 0 Å². The molecule has 144 valence electrons. The van der Waals surface area contributed by atoms with Crippen LogP contribution in [0.3, 0.4) is 0 Å². The molecular formula is C22H20FNO4. The Balaban J connectivity index is 1.85. The Kier molecular flexibility index (Phi) is 5.89. The van der Waals surface area contributed by atoms with E-state index in [-0.39, 0.29) is 18.0 Å². The van der Waals surface area contributed by atoms with Crippen molar-refractivity contribution in [2.24, 2.45) is 0 Å². The van der Waals surface area contributed by atoms with Gasteiger partial charge in [-0.25, -0.2) is 4.39 Å². The van der Waals surface area contributed by atoms with Crippen LogP contribution in [0.25, 0.3) is 10.8 Å². The zero-order valence-corrected chi connectivity index (χ0v) is 15.3. The van der Waals surface area contributed by atoms with Crippen molar-refractivity contribution in [2.45, 2.75) is 19.4 Å². The molecule has 3 aromatic carbocycles. The van der Waals surface area contributed by atoms with Crippen LogP contribution in [0.4, 0.5) is 4.39 Å². The van der Waals surface area contributed by atoms with Crippen LogP contribution in [-0.4, -0.2) is 29.6 Å². The normalized spacial score (nSPS) is 11.8. The number of hydrogen-bond donors (Lipinski definition) is 2. The maximum atomic E-state index is 13.0. The van der Waals surface area contributed by atoms with E-state index in [0.29, 0.717) is 12.2 Å². The summed E-state index contributed by atoms with van der Waals surface area (Å²) in [5, 5.41) is 13.2. The highest BCUT2D eigenvalue weighted by atomic mass is 19.1. The van der Waals surface area contributed by atoms with Gasteiger partial charge in [-0.15, -0.1) is 0 Å². The fourth-order valence-corrected chi connectivity index (χ4v) is 2.84. The summed E-state index contributed by atoms with van der Waals surface area (Å²) in [5.41, 5.74) is 1.18. The van der Waals surface area contributed by atoms with E-state index in [2.05, 4.69) is 5.32 Å². The highest BCUT2D eigenvalue weighted by Crippen LogP contribution is 2.30. The maximum Gasteiger partial charge on any atom is 0.325 e. The number of rotatable bonds is 7. The molecule has 3 rings (SSSR count). The largest absolute Gasteiger partial charge is 0.492 e. The Morgan fingerprint density at radius 1 is 1.07 bits per heavy atom. The number of carbonyl (C=O) groups excluding carboxylic acids is 1. The summed E-state index contributed by atoms with van der Waals surface area (Å²) in [6, 6.07) is 16.0. The Morgan fingerprint density at radius 2 is 1.79 bits per heavy atom. The SMILES string of the molecule is C[C@@H](NC(=O)c1ccc2ccccc2c1OCCc1ccc(F)cc1)C(=O)O. The van der Waals surface area contributed by atoms with Gasteiger partial charge in [0, 0.05) is 11.8 Å². The first-order valence-corrected chi connectivity index (χ1v) is 8.88. The minimum atomic E-state index is -1.12. The van der Waals surface area contributed by atoms with E-state index in [1.54, 1.807) is 24.3 Å². The zero-order chi connectivity index (χ0) is 20.1. The highest BCUT2D eigenvalue weighted by molar-refractivity contribution is 6.04. The van der Waals surface area contributed by atoms with E-state index >= 15 is 0 Å². The lowest BCUT2D eigenvalue weighted by Gasteiger charge is -2.16. The van der Waals surface area contributed by atoms with Crippen LogP contribution in [0.5, 0.6) is 5.75 Å². The fourth-order valence-electron chi connectivity index (χ4n) is 2.84. The number of benzene rings is 3. The van der Waals surface area contributed by atoms with Gasteiger partial charge < -0.3 is 15.2 Å². The molecule has 0 aromatic heterocycles. The number of halogens is 1. The van der Waals surface area contributed by atoms with Gasteiger partial charge in [-0.3, -0.25) is 9.59 Å². The number of carboxylic acids is 1. The molecular weight excluding hydrogens is 361 g/mol. The van der Waals surface area contributed by atoms with Gasteiger partial charge in [0.2, 0.25) is 0 Å². The first-order chi connectivity index (χ1) is 13.5. The smallest absolute Gasteiger partial charge is 0.325 e. The van der Waals surface area contributed by atoms with Gasteiger partial charge in [0.15, 0.2) is 0 Å². The van der Waals surface area contributed by atoms with Gasteiger partial charge in [-0.1, -0.05) is 42.5 Å². The van der Waals surface area contributed by atoms with Crippen LogP contribution < -0.4 is 10.1 Å². The Bertz CT molecular complexity index is 1000. The fraction of sp³-hybridized carbons (Fsp3) is 0.182. The highest BCUT2D eigenvalue weighted by Gasteiger charge is 2.20. The number of aliphatic carboxylic acids is 1. The van der Waals surface area contributed by atoms with Crippen molar-refractivity contribution in [1.29, 1.82) is 0 Å². The molecule has 1 atom stereocenters. The number of nitrogens with one attached hydrogen (secondary N) is 1. The maximum absolute atomic E-state index is 13.0. The standard InChI is InChI=1S/C22H20FNO4/c1-14(22(26)27)24-21(25)19-11-8-16-4-2-3-5-18(16)20(19)28-13-12-15-6-9-17(23)10-7-15/h2-11,14H,12-13H2,1H3,(H,24,25)(H,26,27)/t14-/m1/s1. The number of carboxylic acid groups (broad SMARTS) is 1. The molecule has 0 aliphatic heterocycles. The van der Waals surface area contributed by atoms with Crippen LogP contribution in [0.15, 0.2) is 60.7 Å². The van der Waals surface area contributed by atoms with Gasteiger partial charge in [-0.05, 0) is 36.1 Å². The van der Waals surface area contributed by atoms with Crippen LogP contribution in [0, 0.1) is 5.82 Å². The Labute approximate surface area is 161 Å². The molecule has 28 heavy (non-hydrogen) atoms. The first kappa shape index (κ1) is 19.4. The number of ether oxygens (including phenoxy) is 1. The zero-order valence-electron chi connectivity index (χ0n) is 15.3. The minimum absolute atomic E-state index is 0.269. The van der Waals surface area contributed by atoms with Crippen LogP contribution >= 0.6 is 0 Å². The monoisotopic (exact) mass is 381 g/mol. The van der Waals surface area contributed by atoms with Gasteiger partial charge in [0.05, 0.1) is 12.2 Å². The van der Waals surface area contributed by atoms with Crippen molar-refractivity contribution in [3.63, 3.8) is 0 Å². The molecule has 0 fully saturated rings. The molecule has 0 saturated carbocycles. The Hall–Kier alpha value is -3.41. The van der Waals surface area contributed by atoms with E-state index in [4.69, 9.17) is 9.84 Å². The van der Waals surface area contributed by atoms with E-state index < -0.39 is 17.9 Å². The van der Waals surface area contributed by atoms with Crippen molar-refractivity contribution in [3.05, 3.63) is 77.6 Å². The predicted molar refractivity (Wildman–Crippen MR) is 104 cm³/mol. The van der Waals surface area contributed by atoms with Crippen molar-refractivity contribution >= 4 is 22.6 Å². The summed E-state index contributed by atoms with van der Waals surface area (Å²) >= 11 is 0. The van der Waals surface area contributed by atoms with Crippen LogP contribution in [-0.2, 0) is 11.2 Å². The molecule has 5 nitrogen and oxygen atoms in total. The topological polar surface area (TPSA) is 75.6 Å². The lowest BCUT2D eigenvalue weighted by atomic mass is 10.0. The van der Waals surface area contributed by atoms with Crippen molar-refractivity contribution < 1.29 is 23.8 Å². The lowest BCUT2D eigenvalue weighted by Crippen LogP contribution is -2.38. The average Bonchev–Trinajstić information content (AvgIpc) is 2.69. The van der Waals surface area contributed by atoms with E-state index in [1.165, 1.54) is 19.1 Å². The summed E-state index contributed by atoms with van der Waals surface area (Å²) in [5.74, 6) is -1.54. The molecule has 1 amide bonds. The summed E-state index contributed by atoms with van der Waals surface area (Å²) in [6.45, 7) is 1.69. The molecule has 0 aliphatic rings. The first-order valence-electron chi connectivity index (χ1n) is 8.88. The summed E-state index contributed by atoms with van der Waals surface area (Å²) in [4.78, 5) is 23.6. The second kappa shape index (κ2) is 8.52. The third-order valence-corrected chi connectivity index (χ3v) is 4.39. The van der Waals surface area contributed by atoms with E-state index in [0.717, 1.165) is 16.3 Å². The average molecular weight is 381 g/mol. The second-order valence-electron chi connectivity index (χ2n) is 6.42. The van der Waals surface area contributed by atoms with Crippen molar-refractivity contribution in [1.82, 2.24) is 5.32 Å². The van der Waals surface area contributed by atoms with Gasteiger partial charge >= 0.3 is 5.97 Å². The summed E-state index contributed by atoms with van der Waals surface area (Å²) < 4.78 is 19.0. The van der Waals surface area contributed by atoms with Crippen molar-refractivity contribution in [2.75, 3.05) is 6.61 Å². The number of carbonyl (C=O) groups is 2. The minimum Gasteiger partial charge on any atom is -0.492 e. The molecule has 3 aromatic rings. The molecule has 0 saturated heterocycles. The van der Waals surface area contributed by atoms with Crippen LogP contribution in [0.2, 0.25) is 0 Å². The molecule has 0 heterocycles. The molecule has 0 spiro atoms. The molecule has 0 bridgehead atoms. The summed E-state index contributed by atoms with van der Waals surface area (Å²) in [7, 11) is 0. The predicted octanol–water partition coefficient (Wildman–Crippen LogP) is 3.80. The van der Waals surface area contributed by atoms with Gasteiger partial charge in [0.1, 0.15) is 17.6 Å². The lowest BCUT2D eigenvalue weighted by molar-refractivity contribution is -0.138. The quantitative estimate of drug-likeness (QED) is 0.653. The third-order valence-electron chi connectivity index (χ3n) is 4.39. The second-order valence-corrected chi connectivity index (χ2v) is 6.42. The number of fused-ring (bicyclic) bond motifs is 1. The van der Waals surface area contributed by atoms with Gasteiger partial charge in [0.25, 0.3) is 5.91 Å². The molecule has 0 radical (unpaired) electrons. The van der Waals surface area contributed by atoms with Crippen LogP contribution in [0.1, 0.15) is 22.8 Å². The molecule has 6 heteroatoms. The third kappa shape index (κ3) is 4.46. The Morgan fingerprint density at radius 3 is 2.50 bits per heavy atom. The molecule has 2 N–H and O–H groups in total. The number of amides is 1. The van der Waals surface area contributed by atoms with Crippen molar-refractivity contribution in [3.8, 4) is 5.75 Å². The summed E-state index contributed by atoms with van der Waals surface area (Å²) in [6.07, 6.45) is 0.538. The van der Waals surface area contributed by atoms with E-state index in [1.807, 2.05) is 24.3 Å².